The van der Waals surface area contributed by atoms with Crippen LogP contribution in [0.25, 0.3) is 0 Å². The van der Waals surface area contributed by atoms with Crippen LogP contribution in [0.1, 0.15) is 25.5 Å². The number of hydrogen-bond donors (Lipinski definition) is 1. The molecule has 1 N–H and O–H groups in total. The van der Waals surface area contributed by atoms with Gasteiger partial charge in [0.25, 0.3) is 0 Å². The van der Waals surface area contributed by atoms with Crippen molar-refractivity contribution in [3.05, 3.63) is 23.0 Å². The summed E-state index contributed by atoms with van der Waals surface area (Å²) in [5, 5.41) is 3.34. The van der Waals surface area contributed by atoms with E-state index in [-0.39, 0.29) is 17.9 Å². The average molecular weight is 269 g/mol. The number of aryl methyl sites for hydroxylation is 1. The van der Waals surface area contributed by atoms with Crippen molar-refractivity contribution in [1.29, 1.82) is 0 Å². The molecule has 2 heterocycles. The van der Waals surface area contributed by atoms with Gasteiger partial charge >= 0.3 is 0 Å². The van der Waals surface area contributed by atoms with Crippen LogP contribution in [0.2, 0.25) is 5.15 Å². The van der Waals surface area contributed by atoms with Crippen molar-refractivity contribution < 1.29 is 9.53 Å². The number of nitrogens with one attached hydrogen (secondary N) is 1. The number of carbonyl (C=O) groups excluding carboxylic acids is 1. The highest BCUT2D eigenvalue weighted by molar-refractivity contribution is 6.29. The number of carbonyl (C=O) groups is 1. The third-order valence-corrected chi connectivity index (χ3v) is 3.47. The van der Waals surface area contributed by atoms with Crippen LogP contribution in [0.4, 0.5) is 5.69 Å². The SMILES string of the molecule is CCC1OCCC1C(=O)Nc1ccc(Cl)nc1C. The molecule has 0 bridgehead atoms. The van der Waals surface area contributed by atoms with E-state index < -0.39 is 0 Å². The fourth-order valence-electron chi connectivity index (χ4n) is 2.24. The van der Waals surface area contributed by atoms with Gasteiger partial charge in [0.05, 0.1) is 23.4 Å². The molecule has 2 rings (SSSR count). The minimum atomic E-state index is -0.0647. The van der Waals surface area contributed by atoms with Gasteiger partial charge in [0.15, 0.2) is 0 Å². The lowest BCUT2D eigenvalue weighted by molar-refractivity contribution is -0.121. The van der Waals surface area contributed by atoms with E-state index in [1.165, 1.54) is 0 Å². The van der Waals surface area contributed by atoms with Crippen molar-refractivity contribution in [3.63, 3.8) is 0 Å². The molecule has 1 aliphatic rings. The van der Waals surface area contributed by atoms with Gasteiger partial charge in [-0.25, -0.2) is 4.98 Å². The third-order valence-electron chi connectivity index (χ3n) is 3.26. The molecule has 2 unspecified atom stereocenters. The number of pyridine rings is 1. The monoisotopic (exact) mass is 268 g/mol. The molecule has 0 aromatic carbocycles. The number of halogens is 1. The van der Waals surface area contributed by atoms with E-state index in [2.05, 4.69) is 10.3 Å². The summed E-state index contributed by atoms with van der Waals surface area (Å²) < 4.78 is 5.53. The Labute approximate surface area is 112 Å². The lowest BCUT2D eigenvalue weighted by Crippen LogP contribution is -2.29. The predicted molar refractivity (Wildman–Crippen MR) is 70.8 cm³/mol. The van der Waals surface area contributed by atoms with Crippen molar-refractivity contribution in [1.82, 2.24) is 4.98 Å². The van der Waals surface area contributed by atoms with Crippen LogP contribution in [0.15, 0.2) is 12.1 Å². The Kier molecular flexibility index (Phi) is 4.19. The predicted octanol–water partition coefficient (Wildman–Crippen LogP) is 2.80. The number of ether oxygens (including phenoxy) is 1. The first-order chi connectivity index (χ1) is 8.61. The topological polar surface area (TPSA) is 51.2 Å². The molecule has 1 saturated heterocycles. The zero-order valence-electron chi connectivity index (χ0n) is 10.6. The summed E-state index contributed by atoms with van der Waals surface area (Å²) in [6.07, 6.45) is 1.67. The van der Waals surface area contributed by atoms with Crippen molar-refractivity contribution in [2.24, 2.45) is 5.92 Å². The molecule has 4 nitrogen and oxygen atoms in total. The smallest absolute Gasteiger partial charge is 0.230 e. The third kappa shape index (κ3) is 2.82. The Balaban J connectivity index is 2.07. The second-order valence-electron chi connectivity index (χ2n) is 4.47. The summed E-state index contributed by atoms with van der Waals surface area (Å²) in [4.78, 5) is 16.3. The van der Waals surface area contributed by atoms with Crippen LogP contribution >= 0.6 is 11.6 Å². The first kappa shape index (κ1) is 13.3. The van der Waals surface area contributed by atoms with Crippen LogP contribution in [0.5, 0.6) is 0 Å². The van der Waals surface area contributed by atoms with Gasteiger partial charge in [0.1, 0.15) is 5.15 Å². The van der Waals surface area contributed by atoms with Crippen LogP contribution in [0.3, 0.4) is 0 Å². The van der Waals surface area contributed by atoms with E-state index in [0.29, 0.717) is 17.4 Å². The lowest BCUT2D eigenvalue weighted by atomic mass is 9.98. The molecule has 0 aliphatic carbocycles. The molecular weight excluding hydrogens is 252 g/mol. The fraction of sp³-hybridized carbons (Fsp3) is 0.538. The number of anilines is 1. The first-order valence-electron chi connectivity index (χ1n) is 6.17. The highest BCUT2D eigenvalue weighted by atomic mass is 35.5. The number of amides is 1. The Hall–Kier alpha value is -1.13. The number of rotatable bonds is 3. The van der Waals surface area contributed by atoms with Gasteiger partial charge < -0.3 is 10.1 Å². The zero-order valence-corrected chi connectivity index (χ0v) is 11.3. The van der Waals surface area contributed by atoms with E-state index in [9.17, 15) is 4.79 Å². The number of aromatic nitrogens is 1. The van der Waals surface area contributed by atoms with E-state index in [1.54, 1.807) is 12.1 Å². The standard InChI is InChI=1S/C13H17ClN2O2/c1-3-11-9(6-7-18-11)13(17)16-10-4-5-12(14)15-8(10)2/h4-5,9,11H,3,6-7H2,1-2H3,(H,16,17). The lowest BCUT2D eigenvalue weighted by Gasteiger charge is -2.17. The molecule has 2 atom stereocenters. The largest absolute Gasteiger partial charge is 0.377 e. The molecular formula is C13H17ClN2O2. The maximum Gasteiger partial charge on any atom is 0.230 e. The van der Waals surface area contributed by atoms with Gasteiger partial charge in [-0.05, 0) is 31.9 Å². The quantitative estimate of drug-likeness (QED) is 0.858. The maximum absolute atomic E-state index is 12.2. The van der Waals surface area contributed by atoms with Gasteiger partial charge in [-0.3, -0.25) is 4.79 Å². The maximum atomic E-state index is 12.2. The molecule has 1 aromatic rings. The minimum Gasteiger partial charge on any atom is -0.377 e. The summed E-state index contributed by atoms with van der Waals surface area (Å²) >= 11 is 5.78. The zero-order chi connectivity index (χ0) is 13.1. The molecule has 5 heteroatoms. The van der Waals surface area contributed by atoms with Crippen LogP contribution < -0.4 is 5.32 Å². The molecule has 1 aliphatic heterocycles. The first-order valence-corrected chi connectivity index (χ1v) is 6.55. The molecule has 0 radical (unpaired) electrons. The summed E-state index contributed by atoms with van der Waals surface area (Å²) in [5.74, 6) is -0.0587. The van der Waals surface area contributed by atoms with Gasteiger partial charge in [0, 0.05) is 6.61 Å². The average Bonchev–Trinajstić information content (AvgIpc) is 2.81. The molecule has 1 amide bonds. The molecule has 98 valence electrons. The van der Waals surface area contributed by atoms with Gasteiger partial charge in [-0.15, -0.1) is 0 Å². The Bertz CT molecular complexity index is 451. The fourth-order valence-corrected chi connectivity index (χ4v) is 2.43. The van der Waals surface area contributed by atoms with Crippen LogP contribution in [-0.4, -0.2) is 23.6 Å². The summed E-state index contributed by atoms with van der Waals surface area (Å²) in [6.45, 7) is 4.52. The molecule has 0 spiro atoms. The Morgan fingerprint density at radius 2 is 2.39 bits per heavy atom. The van der Waals surface area contributed by atoms with Gasteiger partial charge in [-0.1, -0.05) is 18.5 Å². The van der Waals surface area contributed by atoms with Crippen molar-refractivity contribution in [3.8, 4) is 0 Å². The van der Waals surface area contributed by atoms with E-state index in [0.717, 1.165) is 18.5 Å². The summed E-state index contributed by atoms with van der Waals surface area (Å²) in [7, 11) is 0. The van der Waals surface area contributed by atoms with Crippen molar-refractivity contribution in [2.45, 2.75) is 32.8 Å². The molecule has 18 heavy (non-hydrogen) atoms. The molecule has 1 fully saturated rings. The highest BCUT2D eigenvalue weighted by Gasteiger charge is 2.32. The Morgan fingerprint density at radius 3 is 3.06 bits per heavy atom. The molecule has 0 saturated carbocycles. The van der Waals surface area contributed by atoms with Gasteiger partial charge in [0.2, 0.25) is 5.91 Å². The van der Waals surface area contributed by atoms with E-state index in [1.807, 2.05) is 13.8 Å². The van der Waals surface area contributed by atoms with E-state index >= 15 is 0 Å². The van der Waals surface area contributed by atoms with Crippen LogP contribution in [-0.2, 0) is 9.53 Å². The summed E-state index contributed by atoms with van der Waals surface area (Å²) in [6, 6.07) is 3.45. The second-order valence-corrected chi connectivity index (χ2v) is 4.86. The summed E-state index contributed by atoms with van der Waals surface area (Å²) in [5.41, 5.74) is 1.44. The Morgan fingerprint density at radius 1 is 1.61 bits per heavy atom. The minimum absolute atomic E-state index is 0.00609. The molecule has 1 aromatic heterocycles. The second kappa shape index (κ2) is 5.67. The van der Waals surface area contributed by atoms with Crippen LogP contribution in [0, 0.1) is 12.8 Å². The normalized spacial score (nSPS) is 23.1. The number of nitrogens with zero attached hydrogens (tertiary/aromatic N) is 1. The highest BCUT2D eigenvalue weighted by Crippen LogP contribution is 2.25. The van der Waals surface area contributed by atoms with Gasteiger partial charge in [-0.2, -0.15) is 0 Å². The van der Waals surface area contributed by atoms with E-state index in [4.69, 9.17) is 16.3 Å². The van der Waals surface area contributed by atoms with Crippen molar-refractivity contribution in [2.75, 3.05) is 11.9 Å². The number of hydrogen-bond acceptors (Lipinski definition) is 3. The van der Waals surface area contributed by atoms with Crippen molar-refractivity contribution >= 4 is 23.2 Å².